The number of ether oxygens (including phenoxy) is 2. The van der Waals surface area contributed by atoms with E-state index in [9.17, 15) is 4.79 Å². The summed E-state index contributed by atoms with van der Waals surface area (Å²) in [5.74, 6) is 2.63. The van der Waals surface area contributed by atoms with Gasteiger partial charge in [-0.3, -0.25) is 4.79 Å². The van der Waals surface area contributed by atoms with Crippen LogP contribution in [0.3, 0.4) is 0 Å². The number of amides is 1. The quantitative estimate of drug-likeness (QED) is 0.346. The van der Waals surface area contributed by atoms with Crippen molar-refractivity contribution in [1.82, 2.24) is 0 Å². The molecule has 0 aliphatic rings. The van der Waals surface area contributed by atoms with Crippen LogP contribution in [-0.2, 0) is 4.79 Å². The van der Waals surface area contributed by atoms with Crippen LogP contribution in [0.25, 0.3) is 6.08 Å². The first-order valence-corrected chi connectivity index (χ1v) is 7.05. The zero-order valence-corrected chi connectivity index (χ0v) is 13.5. The number of rotatable bonds is 6. The lowest BCUT2D eigenvalue weighted by molar-refractivity contribution is -0.114. The lowest BCUT2D eigenvalue weighted by Gasteiger charge is -2.13. The van der Waals surface area contributed by atoms with Gasteiger partial charge in [-0.2, -0.15) is 5.26 Å². The Bertz CT molecular complexity index is 654. The number of nitriles is 1. The lowest BCUT2D eigenvalue weighted by atomic mass is 10.1. The molecule has 0 saturated heterocycles. The van der Waals surface area contributed by atoms with Gasteiger partial charge < -0.3 is 15.2 Å². The molecule has 0 unspecified atom stereocenters. The minimum Gasteiger partial charge on any atom is -0.490 e. The summed E-state index contributed by atoms with van der Waals surface area (Å²) in [5.41, 5.74) is 5.60. The van der Waals surface area contributed by atoms with Crippen LogP contribution in [-0.4, -0.2) is 19.1 Å². The van der Waals surface area contributed by atoms with Crippen molar-refractivity contribution in [1.29, 1.82) is 5.26 Å². The van der Waals surface area contributed by atoms with Crippen molar-refractivity contribution >= 4 is 34.6 Å². The molecule has 1 rings (SSSR count). The fourth-order valence-corrected chi connectivity index (χ4v) is 2.29. The Morgan fingerprint density at radius 3 is 2.76 bits per heavy atom. The van der Waals surface area contributed by atoms with Crippen LogP contribution in [0.4, 0.5) is 0 Å². The molecule has 6 heteroatoms. The minimum atomic E-state index is -0.780. The molecular formula is C15H13IN2O3. The van der Waals surface area contributed by atoms with Gasteiger partial charge in [0.2, 0.25) is 0 Å². The maximum absolute atomic E-state index is 11.1. The predicted molar refractivity (Wildman–Crippen MR) is 87.4 cm³/mol. The maximum atomic E-state index is 11.1. The van der Waals surface area contributed by atoms with Crippen molar-refractivity contribution in [2.75, 3.05) is 13.2 Å². The van der Waals surface area contributed by atoms with Crippen molar-refractivity contribution in [3.8, 4) is 29.9 Å². The van der Waals surface area contributed by atoms with Gasteiger partial charge in [0.1, 0.15) is 18.2 Å². The van der Waals surface area contributed by atoms with Gasteiger partial charge in [-0.1, -0.05) is 5.92 Å². The van der Waals surface area contributed by atoms with Crippen LogP contribution < -0.4 is 15.2 Å². The van der Waals surface area contributed by atoms with Crippen LogP contribution in [0.5, 0.6) is 11.5 Å². The fourth-order valence-electron chi connectivity index (χ4n) is 1.51. The number of carbonyl (C=O) groups excluding carboxylic acids is 1. The van der Waals surface area contributed by atoms with E-state index in [2.05, 4.69) is 28.5 Å². The van der Waals surface area contributed by atoms with E-state index in [0.29, 0.717) is 23.7 Å². The summed E-state index contributed by atoms with van der Waals surface area (Å²) in [5, 5.41) is 8.87. The summed E-state index contributed by atoms with van der Waals surface area (Å²) in [6.45, 7) is 2.40. The van der Waals surface area contributed by atoms with Crippen molar-refractivity contribution < 1.29 is 14.3 Å². The molecule has 0 aromatic heterocycles. The average molecular weight is 396 g/mol. The zero-order valence-electron chi connectivity index (χ0n) is 11.4. The van der Waals surface area contributed by atoms with E-state index in [1.54, 1.807) is 18.2 Å². The van der Waals surface area contributed by atoms with Gasteiger partial charge in [-0.25, -0.2) is 0 Å². The molecule has 0 spiro atoms. The molecule has 0 bridgehead atoms. The van der Waals surface area contributed by atoms with Gasteiger partial charge in [-0.15, -0.1) is 6.42 Å². The van der Waals surface area contributed by atoms with E-state index < -0.39 is 5.91 Å². The molecule has 0 aliphatic heterocycles. The summed E-state index contributed by atoms with van der Waals surface area (Å²) in [7, 11) is 0. The summed E-state index contributed by atoms with van der Waals surface area (Å²) >= 11 is 2.07. The highest BCUT2D eigenvalue weighted by molar-refractivity contribution is 14.1. The summed E-state index contributed by atoms with van der Waals surface area (Å²) in [6, 6.07) is 5.17. The molecule has 0 fully saturated rings. The van der Waals surface area contributed by atoms with Gasteiger partial charge in [0, 0.05) is 0 Å². The fraction of sp³-hybridized carbons (Fsp3) is 0.200. The highest BCUT2D eigenvalue weighted by Crippen LogP contribution is 2.34. The smallest absolute Gasteiger partial charge is 0.259 e. The summed E-state index contributed by atoms with van der Waals surface area (Å²) < 4.78 is 11.7. The van der Waals surface area contributed by atoms with Crippen LogP contribution in [0, 0.1) is 27.2 Å². The van der Waals surface area contributed by atoms with Crippen molar-refractivity contribution in [3.05, 3.63) is 26.8 Å². The molecule has 5 nitrogen and oxygen atoms in total. The second kappa shape index (κ2) is 8.18. The standard InChI is InChI=1S/C15H13IN2O3/c1-3-5-21-14-12(16)7-10(8-13(14)20-4-2)6-11(9-17)15(18)19/h1,6-8H,4-5H2,2H3,(H2,18,19)/b11-6+. The van der Waals surface area contributed by atoms with Gasteiger partial charge in [0.05, 0.1) is 10.2 Å². The van der Waals surface area contributed by atoms with E-state index in [-0.39, 0.29) is 12.2 Å². The van der Waals surface area contributed by atoms with Crippen molar-refractivity contribution in [3.63, 3.8) is 0 Å². The van der Waals surface area contributed by atoms with E-state index in [4.69, 9.17) is 26.9 Å². The molecular weight excluding hydrogens is 383 g/mol. The van der Waals surface area contributed by atoms with Gasteiger partial charge >= 0.3 is 0 Å². The first-order valence-electron chi connectivity index (χ1n) is 5.97. The number of hydrogen-bond donors (Lipinski definition) is 1. The van der Waals surface area contributed by atoms with E-state index in [1.807, 2.05) is 6.92 Å². The maximum Gasteiger partial charge on any atom is 0.259 e. The van der Waals surface area contributed by atoms with Gasteiger partial charge in [0.15, 0.2) is 11.5 Å². The molecule has 0 radical (unpaired) electrons. The molecule has 0 atom stereocenters. The average Bonchev–Trinajstić information content (AvgIpc) is 2.44. The van der Waals surface area contributed by atoms with Crippen LogP contribution in [0.1, 0.15) is 12.5 Å². The predicted octanol–water partition coefficient (Wildman–Crippen LogP) is 2.09. The Morgan fingerprint density at radius 1 is 1.52 bits per heavy atom. The third-order valence-electron chi connectivity index (χ3n) is 2.33. The highest BCUT2D eigenvalue weighted by atomic mass is 127. The van der Waals surface area contributed by atoms with E-state index >= 15 is 0 Å². The Kier molecular flexibility index (Phi) is 6.57. The monoisotopic (exact) mass is 396 g/mol. The van der Waals surface area contributed by atoms with Crippen LogP contribution >= 0.6 is 22.6 Å². The Hall–Kier alpha value is -2.19. The number of halogens is 1. The molecule has 0 aliphatic carbocycles. The normalized spacial score (nSPS) is 10.4. The number of benzene rings is 1. The highest BCUT2D eigenvalue weighted by Gasteiger charge is 2.12. The van der Waals surface area contributed by atoms with E-state index in [1.165, 1.54) is 6.08 Å². The molecule has 1 aromatic carbocycles. The largest absolute Gasteiger partial charge is 0.490 e. The second-order valence-electron chi connectivity index (χ2n) is 3.79. The van der Waals surface area contributed by atoms with Crippen molar-refractivity contribution in [2.45, 2.75) is 6.92 Å². The Morgan fingerprint density at radius 2 is 2.24 bits per heavy atom. The number of nitrogens with zero attached hydrogens (tertiary/aromatic N) is 1. The first-order chi connectivity index (χ1) is 10.0. The molecule has 0 heterocycles. The molecule has 0 saturated carbocycles. The number of terminal acetylenes is 1. The SMILES string of the molecule is C#CCOc1c(I)cc(/C=C(\C#N)C(N)=O)cc1OCC. The number of carbonyl (C=O) groups is 1. The second-order valence-corrected chi connectivity index (χ2v) is 4.95. The molecule has 1 amide bonds. The molecule has 21 heavy (non-hydrogen) atoms. The molecule has 108 valence electrons. The Balaban J connectivity index is 3.30. The molecule has 1 aromatic rings. The van der Waals surface area contributed by atoms with Crippen LogP contribution in [0.2, 0.25) is 0 Å². The van der Waals surface area contributed by atoms with Crippen molar-refractivity contribution in [2.24, 2.45) is 5.73 Å². The summed E-state index contributed by atoms with van der Waals surface area (Å²) in [4.78, 5) is 11.1. The minimum absolute atomic E-state index is 0.121. The Labute approximate surface area is 136 Å². The third kappa shape index (κ3) is 4.69. The molecule has 2 N–H and O–H groups in total. The third-order valence-corrected chi connectivity index (χ3v) is 3.13. The topological polar surface area (TPSA) is 85.3 Å². The first kappa shape index (κ1) is 16.9. The van der Waals surface area contributed by atoms with Gasteiger partial charge in [0.25, 0.3) is 5.91 Å². The lowest BCUT2D eigenvalue weighted by Crippen LogP contribution is -2.12. The number of hydrogen-bond acceptors (Lipinski definition) is 4. The number of primary amides is 1. The summed E-state index contributed by atoms with van der Waals surface area (Å²) in [6.07, 6.45) is 6.58. The van der Waals surface area contributed by atoms with E-state index in [0.717, 1.165) is 3.57 Å². The van der Waals surface area contributed by atoms with Crippen LogP contribution in [0.15, 0.2) is 17.7 Å². The van der Waals surface area contributed by atoms with Gasteiger partial charge in [-0.05, 0) is 53.3 Å². The number of nitrogens with two attached hydrogens (primary N) is 1. The zero-order chi connectivity index (χ0) is 15.8.